The lowest BCUT2D eigenvalue weighted by molar-refractivity contribution is -0.126. The Bertz CT molecular complexity index is 602. The fourth-order valence-electron chi connectivity index (χ4n) is 3.59. The number of hydrogen-bond donors (Lipinski definition) is 2. The molecule has 1 heterocycles. The molecule has 0 aromatic heterocycles. The van der Waals surface area contributed by atoms with Crippen LogP contribution in [0.2, 0.25) is 0 Å². The maximum atomic E-state index is 12.6. The molecule has 3 nitrogen and oxygen atoms in total. The van der Waals surface area contributed by atoms with E-state index in [0.717, 1.165) is 25.9 Å². The molecule has 0 aliphatic carbocycles. The molecule has 3 rings (SSSR count). The summed E-state index contributed by atoms with van der Waals surface area (Å²) in [6.45, 7) is 3.93. The van der Waals surface area contributed by atoms with Gasteiger partial charge in [0.15, 0.2) is 0 Å². The number of halogens is 1. The van der Waals surface area contributed by atoms with Gasteiger partial charge >= 0.3 is 0 Å². The van der Waals surface area contributed by atoms with E-state index in [-0.39, 0.29) is 36.2 Å². The fourth-order valence-corrected chi connectivity index (χ4v) is 3.59. The van der Waals surface area contributed by atoms with Crippen molar-refractivity contribution < 1.29 is 4.79 Å². The molecule has 25 heavy (non-hydrogen) atoms. The summed E-state index contributed by atoms with van der Waals surface area (Å²) < 4.78 is 0. The van der Waals surface area contributed by atoms with Crippen LogP contribution in [-0.2, 0) is 4.79 Å². The molecule has 1 aliphatic heterocycles. The van der Waals surface area contributed by atoms with Crippen LogP contribution in [0, 0.1) is 5.92 Å². The SMILES string of the molecule is CC(NC(=O)C1CCCNC1)C(c1ccccc1)c1ccccc1.Cl. The van der Waals surface area contributed by atoms with Gasteiger partial charge in [-0.3, -0.25) is 4.79 Å². The van der Waals surface area contributed by atoms with Gasteiger partial charge in [0.25, 0.3) is 0 Å². The minimum atomic E-state index is 0. The van der Waals surface area contributed by atoms with Crippen molar-refractivity contribution >= 4 is 18.3 Å². The van der Waals surface area contributed by atoms with Crippen LogP contribution < -0.4 is 10.6 Å². The second-order valence-corrected chi connectivity index (χ2v) is 6.64. The van der Waals surface area contributed by atoms with Crippen LogP contribution in [0.5, 0.6) is 0 Å². The third-order valence-corrected chi connectivity index (χ3v) is 4.85. The number of hydrogen-bond acceptors (Lipinski definition) is 2. The normalized spacial score (nSPS) is 18.2. The number of piperidine rings is 1. The van der Waals surface area contributed by atoms with Crippen LogP contribution >= 0.6 is 12.4 Å². The third-order valence-electron chi connectivity index (χ3n) is 4.85. The van der Waals surface area contributed by atoms with Gasteiger partial charge in [-0.05, 0) is 37.4 Å². The summed E-state index contributed by atoms with van der Waals surface area (Å²) in [5, 5.41) is 6.59. The molecule has 2 atom stereocenters. The smallest absolute Gasteiger partial charge is 0.224 e. The first-order chi connectivity index (χ1) is 11.8. The van der Waals surface area contributed by atoms with Crippen molar-refractivity contribution in [1.82, 2.24) is 10.6 Å². The van der Waals surface area contributed by atoms with Crippen molar-refractivity contribution in [2.45, 2.75) is 31.7 Å². The Hall–Kier alpha value is -1.84. The second-order valence-electron chi connectivity index (χ2n) is 6.64. The number of amides is 1. The summed E-state index contributed by atoms with van der Waals surface area (Å²) in [6, 6.07) is 20.9. The first-order valence-electron chi connectivity index (χ1n) is 8.86. The maximum absolute atomic E-state index is 12.6. The van der Waals surface area contributed by atoms with E-state index in [9.17, 15) is 4.79 Å². The molecule has 0 radical (unpaired) electrons. The molecule has 2 aromatic rings. The third kappa shape index (κ3) is 5.07. The zero-order valence-electron chi connectivity index (χ0n) is 14.7. The Kier molecular flexibility index (Phi) is 7.48. The largest absolute Gasteiger partial charge is 0.352 e. The molecule has 0 spiro atoms. The van der Waals surface area contributed by atoms with Crippen molar-refractivity contribution in [2.24, 2.45) is 5.92 Å². The highest BCUT2D eigenvalue weighted by Gasteiger charge is 2.26. The van der Waals surface area contributed by atoms with E-state index < -0.39 is 0 Å². The first kappa shape index (κ1) is 19.5. The molecule has 1 fully saturated rings. The summed E-state index contributed by atoms with van der Waals surface area (Å²) in [6.07, 6.45) is 2.06. The molecule has 2 unspecified atom stereocenters. The summed E-state index contributed by atoms with van der Waals surface area (Å²) in [5.41, 5.74) is 2.47. The predicted molar refractivity (Wildman–Crippen MR) is 105 cm³/mol. The molecule has 1 saturated heterocycles. The zero-order valence-corrected chi connectivity index (χ0v) is 15.5. The molecule has 2 N–H and O–H groups in total. The summed E-state index contributed by atoms with van der Waals surface area (Å²) in [7, 11) is 0. The lowest BCUT2D eigenvalue weighted by Gasteiger charge is -2.29. The van der Waals surface area contributed by atoms with Gasteiger partial charge < -0.3 is 10.6 Å². The molecule has 2 aromatic carbocycles. The first-order valence-corrected chi connectivity index (χ1v) is 8.86. The molecule has 1 aliphatic rings. The number of nitrogens with one attached hydrogen (secondary N) is 2. The van der Waals surface area contributed by atoms with Gasteiger partial charge in [0.05, 0.1) is 5.92 Å². The maximum Gasteiger partial charge on any atom is 0.224 e. The van der Waals surface area contributed by atoms with Gasteiger partial charge in [0, 0.05) is 18.5 Å². The average molecular weight is 359 g/mol. The van der Waals surface area contributed by atoms with Crippen molar-refractivity contribution in [2.75, 3.05) is 13.1 Å². The highest BCUT2D eigenvalue weighted by atomic mass is 35.5. The van der Waals surface area contributed by atoms with Crippen LogP contribution in [-0.4, -0.2) is 25.0 Å². The van der Waals surface area contributed by atoms with Gasteiger partial charge in [-0.15, -0.1) is 12.4 Å². The van der Waals surface area contributed by atoms with Gasteiger partial charge in [-0.1, -0.05) is 60.7 Å². The van der Waals surface area contributed by atoms with Crippen LogP contribution in [0.4, 0.5) is 0 Å². The Labute approximate surface area is 156 Å². The number of benzene rings is 2. The van der Waals surface area contributed by atoms with Gasteiger partial charge in [-0.2, -0.15) is 0 Å². The minimum Gasteiger partial charge on any atom is -0.352 e. The quantitative estimate of drug-likeness (QED) is 0.854. The minimum absolute atomic E-state index is 0. The summed E-state index contributed by atoms with van der Waals surface area (Å²) in [5.74, 6) is 0.424. The monoisotopic (exact) mass is 358 g/mol. The Morgan fingerprint density at radius 2 is 1.60 bits per heavy atom. The van der Waals surface area contributed by atoms with Crippen molar-refractivity contribution in [3.05, 3.63) is 71.8 Å². The standard InChI is InChI=1S/C21H26N2O.ClH/c1-16(23-21(24)19-13-8-14-22-15-19)20(17-9-4-2-5-10-17)18-11-6-3-7-12-18;/h2-7,9-12,16,19-20,22H,8,13-15H2,1H3,(H,23,24);1H. The fraction of sp³-hybridized carbons (Fsp3) is 0.381. The van der Waals surface area contributed by atoms with E-state index in [1.165, 1.54) is 11.1 Å². The highest BCUT2D eigenvalue weighted by molar-refractivity contribution is 5.85. The van der Waals surface area contributed by atoms with Gasteiger partial charge in [-0.25, -0.2) is 0 Å². The zero-order chi connectivity index (χ0) is 16.8. The number of rotatable bonds is 5. The molecule has 134 valence electrons. The van der Waals surface area contributed by atoms with Crippen LogP contribution in [0.3, 0.4) is 0 Å². The van der Waals surface area contributed by atoms with Crippen molar-refractivity contribution in [3.63, 3.8) is 0 Å². The molecule has 4 heteroatoms. The lowest BCUT2D eigenvalue weighted by Crippen LogP contribution is -2.45. The molecular formula is C21H27ClN2O. The van der Waals surface area contributed by atoms with Gasteiger partial charge in [0.1, 0.15) is 0 Å². The Morgan fingerprint density at radius 1 is 1.04 bits per heavy atom. The molecular weight excluding hydrogens is 332 g/mol. The molecule has 1 amide bonds. The molecule has 0 saturated carbocycles. The van der Waals surface area contributed by atoms with E-state index in [4.69, 9.17) is 0 Å². The van der Waals surface area contributed by atoms with Crippen molar-refractivity contribution in [1.29, 1.82) is 0 Å². The Morgan fingerprint density at radius 3 is 2.08 bits per heavy atom. The van der Waals surface area contributed by atoms with Gasteiger partial charge in [0.2, 0.25) is 5.91 Å². The van der Waals surface area contributed by atoms with E-state index in [0.29, 0.717) is 0 Å². The van der Waals surface area contributed by atoms with Crippen molar-refractivity contribution in [3.8, 4) is 0 Å². The predicted octanol–water partition coefficient (Wildman–Crippen LogP) is 3.74. The highest BCUT2D eigenvalue weighted by Crippen LogP contribution is 2.28. The number of carbonyl (C=O) groups excluding carboxylic acids is 1. The average Bonchev–Trinajstić information content (AvgIpc) is 2.64. The summed E-state index contributed by atoms with van der Waals surface area (Å²) in [4.78, 5) is 12.6. The second kappa shape index (κ2) is 9.59. The van der Waals surface area contributed by atoms with E-state index in [1.54, 1.807) is 0 Å². The lowest BCUT2D eigenvalue weighted by atomic mass is 9.85. The Balaban J connectivity index is 0.00000225. The number of carbonyl (C=O) groups is 1. The van der Waals surface area contributed by atoms with Crippen LogP contribution in [0.15, 0.2) is 60.7 Å². The van der Waals surface area contributed by atoms with Crippen LogP contribution in [0.1, 0.15) is 36.8 Å². The van der Waals surface area contributed by atoms with E-state index in [1.807, 2.05) is 12.1 Å². The van der Waals surface area contributed by atoms with E-state index in [2.05, 4.69) is 66.1 Å². The van der Waals surface area contributed by atoms with Crippen LogP contribution in [0.25, 0.3) is 0 Å². The topological polar surface area (TPSA) is 41.1 Å². The molecule has 0 bridgehead atoms. The summed E-state index contributed by atoms with van der Waals surface area (Å²) >= 11 is 0. The van der Waals surface area contributed by atoms with E-state index >= 15 is 0 Å².